The maximum atomic E-state index is 13.4. The van der Waals surface area contributed by atoms with Crippen LogP contribution in [0.2, 0.25) is 0 Å². The molecule has 17 heavy (non-hydrogen) atoms. The zero-order chi connectivity index (χ0) is 12.1. The monoisotopic (exact) mass is 233 g/mol. The molecule has 0 fully saturated rings. The molecule has 88 valence electrons. The molecule has 0 aliphatic rings. The molecule has 0 bridgehead atoms. The average molecular weight is 233 g/mol. The van der Waals surface area contributed by atoms with Crippen LogP contribution in [0.3, 0.4) is 0 Å². The summed E-state index contributed by atoms with van der Waals surface area (Å²) in [6.45, 7) is 0.298. The van der Waals surface area contributed by atoms with Crippen LogP contribution >= 0.6 is 0 Å². The number of hydrogen-bond donors (Lipinski definition) is 0. The number of methoxy groups -OCH3 is 1. The van der Waals surface area contributed by atoms with Gasteiger partial charge in [-0.1, -0.05) is 6.07 Å². The molecule has 2 rings (SSSR count). The van der Waals surface area contributed by atoms with E-state index in [1.54, 1.807) is 36.7 Å². The Labute approximate surface area is 98.8 Å². The summed E-state index contributed by atoms with van der Waals surface area (Å²) >= 11 is 0. The van der Waals surface area contributed by atoms with Crippen LogP contribution in [0.15, 0.2) is 42.7 Å². The van der Waals surface area contributed by atoms with Gasteiger partial charge in [0.25, 0.3) is 0 Å². The summed E-state index contributed by atoms with van der Waals surface area (Å²) in [5, 5.41) is 0. The topological polar surface area (TPSA) is 31.4 Å². The van der Waals surface area contributed by atoms with Gasteiger partial charge in [-0.25, -0.2) is 4.39 Å². The van der Waals surface area contributed by atoms with Crippen molar-refractivity contribution in [2.45, 2.75) is 6.61 Å². The van der Waals surface area contributed by atoms with E-state index >= 15 is 0 Å². The van der Waals surface area contributed by atoms with Gasteiger partial charge in [-0.05, 0) is 29.8 Å². The molecular formula is C13H12FNO2. The van der Waals surface area contributed by atoms with Crippen molar-refractivity contribution in [2.24, 2.45) is 0 Å². The summed E-state index contributed by atoms with van der Waals surface area (Å²) < 4.78 is 23.7. The molecule has 0 aliphatic heterocycles. The standard InChI is InChI=1S/C13H12FNO2/c1-16-13-5-4-10(7-12(13)14)9-17-11-3-2-6-15-8-11/h2-8H,9H2,1H3. The lowest BCUT2D eigenvalue weighted by Gasteiger charge is -2.07. The number of hydrogen-bond acceptors (Lipinski definition) is 3. The van der Waals surface area contributed by atoms with Crippen LogP contribution in [-0.4, -0.2) is 12.1 Å². The summed E-state index contributed by atoms with van der Waals surface area (Å²) in [4.78, 5) is 3.92. The van der Waals surface area contributed by atoms with Crippen molar-refractivity contribution < 1.29 is 13.9 Å². The SMILES string of the molecule is COc1ccc(COc2cccnc2)cc1F. The van der Waals surface area contributed by atoms with E-state index in [4.69, 9.17) is 9.47 Å². The van der Waals surface area contributed by atoms with E-state index in [1.165, 1.54) is 13.2 Å². The second kappa shape index (κ2) is 5.30. The van der Waals surface area contributed by atoms with E-state index in [-0.39, 0.29) is 11.6 Å². The molecule has 4 heteroatoms. The molecule has 0 unspecified atom stereocenters. The van der Waals surface area contributed by atoms with Crippen LogP contribution in [0.4, 0.5) is 4.39 Å². The van der Waals surface area contributed by atoms with Crippen molar-refractivity contribution in [3.8, 4) is 11.5 Å². The van der Waals surface area contributed by atoms with E-state index < -0.39 is 0 Å². The molecule has 2 aromatic rings. The minimum absolute atomic E-state index is 0.232. The molecule has 0 radical (unpaired) electrons. The Hall–Kier alpha value is -2.10. The van der Waals surface area contributed by atoms with Crippen molar-refractivity contribution in [1.29, 1.82) is 0 Å². The van der Waals surface area contributed by atoms with Crippen molar-refractivity contribution in [3.63, 3.8) is 0 Å². The zero-order valence-corrected chi connectivity index (χ0v) is 9.39. The number of pyridine rings is 1. The minimum Gasteiger partial charge on any atom is -0.494 e. The highest BCUT2D eigenvalue weighted by Gasteiger charge is 2.03. The normalized spacial score (nSPS) is 10.0. The van der Waals surface area contributed by atoms with E-state index in [0.29, 0.717) is 12.4 Å². The lowest BCUT2D eigenvalue weighted by molar-refractivity contribution is 0.303. The van der Waals surface area contributed by atoms with Gasteiger partial charge < -0.3 is 9.47 Å². The lowest BCUT2D eigenvalue weighted by Crippen LogP contribution is -1.97. The van der Waals surface area contributed by atoms with Gasteiger partial charge in [0.1, 0.15) is 12.4 Å². The van der Waals surface area contributed by atoms with E-state index in [9.17, 15) is 4.39 Å². The number of benzene rings is 1. The van der Waals surface area contributed by atoms with E-state index in [2.05, 4.69) is 4.98 Å². The first-order valence-electron chi connectivity index (χ1n) is 5.15. The third-order valence-corrected chi connectivity index (χ3v) is 2.26. The summed E-state index contributed by atoms with van der Waals surface area (Å²) in [7, 11) is 1.43. The molecule has 1 heterocycles. The third kappa shape index (κ3) is 2.93. The smallest absolute Gasteiger partial charge is 0.165 e. The minimum atomic E-state index is -0.389. The fourth-order valence-electron chi connectivity index (χ4n) is 1.40. The molecule has 0 amide bonds. The highest BCUT2D eigenvalue weighted by molar-refractivity contribution is 5.29. The van der Waals surface area contributed by atoms with Gasteiger partial charge in [-0.3, -0.25) is 4.98 Å². The maximum Gasteiger partial charge on any atom is 0.165 e. The van der Waals surface area contributed by atoms with Crippen LogP contribution < -0.4 is 9.47 Å². The summed E-state index contributed by atoms with van der Waals surface area (Å²) in [6, 6.07) is 8.32. The van der Waals surface area contributed by atoms with Crippen LogP contribution in [0.25, 0.3) is 0 Å². The predicted molar refractivity (Wildman–Crippen MR) is 61.5 cm³/mol. The van der Waals surface area contributed by atoms with Gasteiger partial charge in [-0.2, -0.15) is 0 Å². The van der Waals surface area contributed by atoms with E-state index in [1.807, 2.05) is 0 Å². The van der Waals surface area contributed by atoms with Crippen LogP contribution in [0.5, 0.6) is 11.5 Å². The Morgan fingerprint density at radius 2 is 2.18 bits per heavy atom. The molecule has 3 nitrogen and oxygen atoms in total. The Morgan fingerprint density at radius 1 is 1.29 bits per heavy atom. The first kappa shape index (κ1) is 11.4. The second-order valence-corrected chi connectivity index (χ2v) is 3.45. The number of aromatic nitrogens is 1. The molecule has 0 aliphatic carbocycles. The van der Waals surface area contributed by atoms with Crippen molar-refractivity contribution >= 4 is 0 Å². The molecule has 0 N–H and O–H groups in total. The Kier molecular flexibility index (Phi) is 3.55. The lowest BCUT2D eigenvalue weighted by atomic mass is 10.2. The molecule has 0 atom stereocenters. The maximum absolute atomic E-state index is 13.4. The largest absolute Gasteiger partial charge is 0.494 e. The summed E-state index contributed by atoms with van der Waals surface area (Å²) in [6.07, 6.45) is 3.28. The van der Waals surface area contributed by atoms with Gasteiger partial charge in [0.05, 0.1) is 13.3 Å². The molecule has 0 saturated heterocycles. The molecular weight excluding hydrogens is 221 g/mol. The first-order valence-corrected chi connectivity index (χ1v) is 5.15. The third-order valence-electron chi connectivity index (χ3n) is 2.26. The fourth-order valence-corrected chi connectivity index (χ4v) is 1.40. The van der Waals surface area contributed by atoms with Crippen molar-refractivity contribution in [2.75, 3.05) is 7.11 Å². The number of ether oxygens (including phenoxy) is 2. The predicted octanol–water partition coefficient (Wildman–Crippen LogP) is 2.81. The fraction of sp³-hybridized carbons (Fsp3) is 0.154. The van der Waals surface area contributed by atoms with Gasteiger partial charge >= 0.3 is 0 Å². The zero-order valence-electron chi connectivity index (χ0n) is 9.39. The van der Waals surface area contributed by atoms with Crippen molar-refractivity contribution in [3.05, 3.63) is 54.1 Å². The number of halogens is 1. The Morgan fingerprint density at radius 3 is 2.82 bits per heavy atom. The highest BCUT2D eigenvalue weighted by atomic mass is 19.1. The molecule has 1 aromatic heterocycles. The van der Waals surface area contributed by atoms with Gasteiger partial charge in [0.15, 0.2) is 11.6 Å². The quantitative estimate of drug-likeness (QED) is 0.813. The van der Waals surface area contributed by atoms with Gasteiger partial charge in [-0.15, -0.1) is 0 Å². The molecule has 1 aromatic carbocycles. The number of rotatable bonds is 4. The summed E-state index contributed by atoms with van der Waals surface area (Å²) in [5.74, 6) is 0.499. The first-order chi connectivity index (χ1) is 8.29. The van der Waals surface area contributed by atoms with Crippen molar-refractivity contribution in [1.82, 2.24) is 4.98 Å². The van der Waals surface area contributed by atoms with E-state index in [0.717, 1.165) is 5.56 Å². The van der Waals surface area contributed by atoms with Crippen LogP contribution in [-0.2, 0) is 6.61 Å². The number of nitrogens with zero attached hydrogens (tertiary/aromatic N) is 1. The highest BCUT2D eigenvalue weighted by Crippen LogP contribution is 2.18. The summed E-state index contributed by atoms with van der Waals surface area (Å²) in [5.41, 5.74) is 0.743. The van der Waals surface area contributed by atoms with Gasteiger partial charge in [0, 0.05) is 6.20 Å². The molecule has 0 spiro atoms. The second-order valence-electron chi connectivity index (χ2n) is 3.45. The van der Waals surface area contributed by atoms with Gasteiger partial charge in [0.2, 0.25) is 0 Å². The Bertz CT molecular complexity index is 488. The van der Waals surface area contributed by atoms with Crippen LogP contribution in [0, 0.1) is 5.82 Å². The average Bonchev–Trinajstić information content (AvgIpc) is 2.38. The Balaban J connectivity index is 2.02. The molecule has 0 saturated carbocycles. The van der Waals surface area contributed by atoms with Crippen LogP contribution in [0.1, 0.15) is 5.56 Å².